The molecule has 22 heavy (non-hydrogen) atoms. The van der Waals surface area contributed by atoms with Crippen LogP contribution in [0.15, 0.2) is 0 Å². The first kappa shape index (κ1) is 24.9. The van der Waals surface area contributed by atoms with Crippen LogP contribution in [-0.4, -0.2) is 4.29 Å². The highest BCUT2D eigenvalue weighted by atomic mass is 80.0. The van der Waals surface area contributed by atoms with E-state index in [1.807, 2.05) is 0 Å². The Labute approximate surface area is 187 Å². The highest BCUT2D eigenvalue weighted by Gasteiger charge is 2.16. The minimum absolute atomic E-state index is 0.0357. The fourth-order valence-electron chi connectivity index (χ4n) is 2.42. The van der Waals surface area contributed by atoms with Gasteiger partial charge in [0, 0.05) is 0 Å². The number of hydrogen-bond acceptors (Lipinski definition) is 0. The third kappa shape index (κ3) is 22.9. The Morgan fingerprint density at radius 1 is 0.318 bits per heavy atom. The summed E-state index contributed by atoms with van der Waals surface area (Å²) in [4.78, 5) is 0. The number of hydrogen-bond donors (Lipinski definition) is 0. The van der Waals surface area contributed by atoms with Crippen molar-refractivity contribution >= 4 is 95.6 Å². The molecule has 134 valence electrons. The first-order chi connectivity index (χ1) is 10.2. The van der Waals surface area contributed by atoms with Gasteiger partial charge in [0.05, 0.1) is 0 Å². The molecule has 0 aromatic carbocycles. The summed E-state index contributed by atoms with van der Waals surface area (Å²) in [6.07, 6.45) is 18.8. The van der Waals surface area contributed by atoms with Crippen LogP contribution in [0.2, 0.25) is 0 Å². The molecule has 0 unspecified atom stereocenters. The molecule has 0 aromatic rings. The topological polar surface area (TPSA) is 0 Å². The van der Waals surface area contributed by atoms with Gasteiger partial charge in [-0.25, -0.2) is 0 Å². The molecule has 0 aliphatic heterocycles. The molecular weight excluding hydrogens is 672 g/mol. The van der Waals surface area contributed by atoms with Gasteiger partial charge in [-0.2, -0.15) is 0 Å². The van der Waals surface area contributed by atoms with Gasteiger partial charge in [0.15, 0.2) is 0 Å². The molecule has 6 heteroatoms. The molecule has 0 N–H and O–H groups in total. The number of rotatable bonds is 13. The second-order valence-corrected chi connectivity index (χ2v) is 20.5. The van der Waals surface area contributed by atoms with Crippen LogP contribution in [-0.2, 0) is 0 Å². The van der Waals surface area contributed by atoms with E-state index in [2.05, 4.69) is 95.6 Å². The zero-order valence-corrected chi connectivity index (χ0v) is 22.7. The second-order valence-electron chi connectivity index (χ2n) is 5.97. The fraction of sp³-hybridized carbons (Fsp3) is 1.00. The maximum Gasteiger partial charge on any atom is 0.135 e. The second kappa shape index (κ2) is 15.0. The third-order valence-corrected chi connectivity index (χ3v) is 6.05. The van der Waals surface area contributed by atoms with Crippen molar-refractivity contribution in [1.29, 1.82) is 0 Å². The first-order valence-corrected chi connectivity index (χ1v) is 13.1. The fourth-order valence-corrected chi connectivity index (χ4v) is 4.10. The molecule has 0 nitrogen and oxygen atoms in total. The third-order valence-electron chi connectivity index (χ3n) is 3.67. The van der Waals surface area contributed by atoms with E-state index < -0.39 is 0 Å². The molecule has 0 spiro atoms. The van der Waals surface area contributed by atoms with Crippen LogP contribution in [0, 0.1) is 0 Å². The minimum Gasteiger partial charge on any atom is -0.0599 e. The van der Waals surface area contributed by atoms with E-state index in [4.69, 9.17) is 0 Å². The molecule has 0 aliphatic rings. The Bertz CT molecular complexity index is 218. The Morgan fingerprint density at radius 2 is 0.500 bits per heavy atom. The summed E-state index contributed by atoms with van der Waals surface area (Å²) in [5.74, 6) is 0. The van der Waals surface area contributed by atoms with Crippen LogP contribution >= 0.6 is 95.6 Å². The minimum atomic E-state index is -0.0357. The molecule has 0 fully saturated rings. The van der Waals surface area contributed by atoms with Gasteiger partial charge < -0.3 is 0 Å². The number of halogens is 6. The van der Waals surface area contributed by atoms with Crippen LogP contribution < -0.4 is 0 Å². The van der Waals surface area contributed by atoms with Gasteiger partial charge in [0.25, 0.3) is 0 Å². The molecule has 0 heterocycles. The molecule has 0 bridgehead atoms. The van der Waals surface area contributed by atoms with E-state index in [0.717, 1.165) is 12.8 Å². The molecule has 0 amide bonds. The van der Waals surface area contributed by atoms with Crippen LogP contribution in [0.5, 0.6) is 0 Å². The summed E-state index contributed by atoms with van der Waals surface area (Å²) in [5, 5.41) is 0. The monoisotopic (exact) mass is 694 g/mol. The lowest BCUT2D eigenvalue weighted by Gasteiger charge is -2.11. The largest absolute Gasteiger partial charge is 0.135 e. The molecule has 0 atom stereocenters. The quantitative estimate of drug-likeness (QED) is 0.133. The predicted molar refractivity (Wildman–Crippen MR) is 124 cm³/mol. The molecule has 0 saturated heterocycles. The predicted octanol–water partition coefficient (Wildman–Crippen LogP) is 10.1. The van der Waals surface area contributed by atoms with E-state index in [1.54, 1.807) is 0 Å². The Kier molecular flexibility index (Phi) is 17.0. The van der Waals surface area contributed by atoms with Crippen molar-refractivity contribution in [2.45, 2.75) is 94.2 Å². The zero-order valence-electron chi connectivity index (χ0n) is 13.2. The van der Waals surface area contributed by atoms with E-state index in [9.17, 15) is 0 Å². The standard InChI is InChI=1S/C16H28Br6/c17-15(18,19)13-11-9-7-5-3-1-2-4-6-8-10-12-14-16(20,21)22/h1-14H2. The van der Waals surface area contributed by atoms with Gasteiger partial charge in [-0.15, -0.1) is 0 Å². The van der Waals surface area contributed by atoms with Gasteiger partial charge in [0.1, 0.15) is 4.29 Å². The lowest BCUT2D eigenvalue weighted by molar-refractivity contribution is 0.537. The zero-order chi connectivity index (χ0) is 16.9. The van der Waals surface area contributed by atoms with Gasteiger partial charge >= 0.3 is 0 Å². The summed E-state index contributed by atoms with van der Waals surface area (Å²) in [6.45, 7) is 0. The normalized spacial score (nSPS) is 12.8. The number of unbranched alkanes of at least 4 members (excludes halogenated alkanes) is 11. The summed E-state index contributed by atoms with van der Waals surface area (Å²) in [5.41, 5.74) is 0. The molecule has 0 aromatic heterocycles. The van der Waals surface area contributed by atoms with Crippen LogP contribution in [0.4, 0.5) is 0 Å². The van der Waals surface area contributed by atoms with Crippen molar-refractivity contribution in [1.82, 2.24) is 0 Å². The summed E-state index contributed by atoms with van der Waals surface area (Å²) >= 11 is 21.3. The van der Waals surface area contributed by atoms with Crippen LogP contribution in [0.3, 0.4) is 0 Å². The van der Waals surface area contributed by atoms with Crippen molar-refractivity contribution in [3.8, 4) is 0 Å². The van der Waals surface area contributed by atoms with E-state index >= 15 is 0 Å². The van der Waals surface area contributed by atoms with Crippen molar-refractivity contribution < 1.29 is 0 Å². The first-order valence-electron chi connectivity index (χ1n) is 8.34. The molecule has 0 saturated carbocycles. The summed E-state index contributed by atoms with van der Waals surface area (Å²) in [7, 11) is 0. The average molecular weight is 700 g/mol. The Morgan fingerprint density at radius 3 is 0.682 bits per heavy atom. The molecular formula is C16H28Br6. The van der Waals surface area contributed by atoms with E-state index in [0.29, 0.717) is 0 Å². The summed E-state index contributed by atoms with van der Waals surface area (Å²) < 4.78 is -0.0714. The Balaban J connectivity index is 3.09. The van der Waals surface area contributed by atoms with Gasteiger partial charge in [0.2, 0.25) is 0 Å². The maximum atomic E-state index is 3.55. The molecule has 0 radical (unpaired) electrons. The average Bonchev–Trinajstić information content (AvgIpc) is 2.36. The summed E-state index contributed by atoms with van der Waals surface area (Å²) in [6, 6.07) is 0. The number of alkyl halides is 6. The van der Waals surface area contributed by atoms with Gasteiger partial charge in [-0.1, -0.05) is 173 Å². The van der Waals surface area contributed by atoms with Gasteiger partial charge in [-0.05, 0) is 12.8 Å². The molecule has 0 rings (SSSR count). The lowest BCUT2D eigenvalue weighted by atomic mass is 10.0. The highest BCUT2D eigenvalue weighted by molar-refractivity contribution is 9.39. The SMILES string of the molecule is BrC(Br)(Br)CCCCCCCCCCCCCCC(Br)(Br)Br. The Hall–Kier alpha value is 2.88. The van der Waals surface area contributed by atoms with Crippen molar-refractivity contribution in [2.75, 3.05) is 0 Å². The van der Waals surface area contributed by atoms with Crippen LogP contribution in [0.1, 0.15) is 89.9 Å². The van der Waals surface area contributed by atoms with E-state index in [-0.39, 0.29) is 4.29 Å². The van der Waals surface area contributed by atoms with Crippen molar-refractivity contribution in [3.63, 3.8) is 0 Å². The maximum absolute atomic E-state index is 3.55. The highest BCUT2D eigenvalue weighted by Crippen LogP contribution is 2.39. The van der Waals surface area contributed by atoms with Crippen molar-refractivity contribution in [3.05, 3.63) is 0 Å². The lowest BCUT2D eigenvalue weighted by Crippen LogP contribution is -1.98. The van der Waals surface area contributed by atoms with Crippen molar-refractivity contribution in [2.24, 2.45) is 0 Å². The van der Waals surface area contributed by atoms with E-state index in [1.165, 1.54) is 77.0 Å². The van der Waals surface area contributed by atoms with Gasteiger partial charge in [-0.3, -0.25) is 0 Å². The smallest absolute Gasteiger partial charge is 0.0599 e. The molecule has 0 aliphatic carbocycles. The van der Waals surface area contributed by atoms with Crippen LogP contribution in [0.25, 0.3) is 0 Å².